The van der Waals surface area contributed by atoms with Crippen LogP contribution >= 0.6 is 0 Å². The standard InChI is InChI=1S/C20H26N6O2/c1-15-6-10-24(11-7-15)20(28)17-8-12-25(13-9-17)19(27)16-2-4-18(5-3-16)26-14-21-22-23-26/h2-5,14-15,17H,6-13H2,1H3. The number of hydrogen-bond donors (Lipinski definition) is 0. The molecule has 2 amide bonds. The Hall–Kier alpha value is -2.77. The van der Waals surface area contributed by atoms with Crippen molar-refractivity contribution in [2.24, 2.45) is 11.8 Å². The van der Waals surface area contributed by atoms with Crippen LogP contribution in [0.4, 0.5) is 0 Å². The second-order valence-electron chi connectivity index (χ2n) is 7.88. The molecule has 2 aromatic rings. The summed E-state index contributed by atoms with van der Waals surface area (Å²) in [6, 6.07) is 7.26. The molecule has 0 atom stereocenters. The number of aromatic nitrogens is 4. The maximum Gasteiger partial charge on any atom is 0.253 e. The molecular weight excluding hydrogens is 356 g/mol. The van der Waals surface area contributed by atoms with Gasteiger partial charge in [0.25, 0.3) is 5.91 Å². The van der Waals surface area contributed by atoms with Crippen molar-refractivity contribution in [2.45, 2.75) is 32.6 Å². The Balaban J connectivity index is 1.32. The number of carbonyl (C=O) groups is 2. The number of hydrogen-bond acceptors (Lipinski definition) is 5. The van der Waals surface area contributed by atoms with Crippen molar-refractivity contribution in [3.8, 4) is 5.69 Å². The van der Waals surface area contributed by atoms with Gasteiger partial charge in [-0.3, -0.25) is 9.59 Å². The molecule has 2 aliphatic rings. The number of likely N-dealkylation sites (tertiary alicyclic amines) is 2. The first-order chi connectivity index (χ1) is 13.6. The number of benzene rings is 1. The molecular formula is C20H26N6O2. The van der Waals surface area contributed by atoms with E-state index in [2.05, 4.69) is 22.4 Å². The molecule has 8 heteroatoms. The first-order valence-electron chi connectivity index (χ1n) is 10.0. The molecule has 0 spiro atoms. The largest absolute Gasteiger partial charge is 0.342 e. The van der Waals surface area contributed by atoms with Crippen molar-refractivity contribution in [1.29, 1.82) is 0 Å². The van der Waals surface area contributed by atoms with Crippen molar-refractivity contribution in [2.75, 3.05) is 26.2 Å². The average Bonchev–Trinajstić information content (AvgIpc) is 3.28. The highest BCUT2D eigenvalue weighted by Gasteiger charge is 2.31. The third-order valence-corrected chi connectivity index (χ3v) is 5.95. The molecule has 0 saturated carbocycles. The van der Waals surface area contributed by atoms with Gasteiger partial charge in [-0.15, -0.1) is 5.10 Å². The van der Waals surface area contributed by atoms with Crippen molar-refractivity contribution in [3.05, 3.63) is 36.2 Å². The van der Waals surface area contributed by atoms with Crippen molar-refractivity contribution in [3.63, 3.8) is 0 Å². The second-order valence-corrected chi connectivity index (χ2v) is 7.88. The fraction of sp³-hybridized carbons (Fsp3) is 0.550. The highest BCUT2D eigenvalue weighted by Crippen LogP contribution is 2.24. The average molecular weight is 382 g/mol. The summed E-state index contributed by atoms with van der Waals surface area (Å²) in [6.07, 6.45) is 5.22. The number of rotatable bonds is 3. The van der Waals surface area contributed by atoms with Crippen LogP contribution in [0.25, 0.3) is 5.69 Å². The molecule has 0 radical (unpaired) electrons. The number of carbonyl (C=O) groups excluding carboxylic acids is 2. The van der Waals surface area contributed by atoms with Crippen LogP contribution in [0.5, 0.6) is 0 Å². The molecule has 0 bridgehead atoms. The molecule has 1 aromatic carbocycles. The molecule has 4 rings (SSSR count). The summed E-state index contributed by atoms with van der Waals surface area (Å²) in [5.41, 5.74) is 1.45. The molecule has 2 aliphatic heterocycles. The number of tetrazole rings is 1. The molecule has 3 heterocycles. The quantitative estimate of drug-likeness (QED) is 0.808. The number of nitrogens with zero attached hydrogens (tertiary/aromatic N) is 6. The predicted molar refractivity (Wildman–Crippen MR) is 103 cm³/mol. The van der Waals surface area contributed by atoms with E-state index >= 15 is 0 Å². The van der Waals surface area contributed by atoms with Crippen LogP contribution in [-0.4, -0.2) is 68.0 Å². The van der Waals surface area contributed by atoms with Crippen LogP contribution in [0.3, 0.4) is 0 Å². The summed E-state index contributed by atoms with van der Waals surface area (Å²) in [7, 11) is 0. The SMILES string of the molecule is CC1CCN(C(=O)C2CCN(C(=O)c3ccc(-n4cnnn4)cc3)CC2)CC1. The predicted octanol–water partition coefficient (Wildman–Crippen LogP) is 1.77. The lowest BCUT2D eigenvalue weighted by molar-refractivity contribution is -0.138. The summed E-state index contributed by atoms with van der Waals surface area (Å²) >= 11 is 0. The third kappa shape index (κ3) is 3.90. The monoisotopic (exact) mass is 382 g/mol. The zero-order chi connectivity index (χ0) is 19.5. The first-order valence-corrected chi connectivity index (χ1v) is 10.0. The van der Waals surface area contributed by atoms with Gasteiger partial charge >= 0.3 is 0 Å². The van der Waals surface area contributed by atoms with Crippen LogP contribution in [0.15, 0.2) is 30.6 Å². The van der Waals surface area contributed by atoms with Crippen molar-refractivity contribution in [1.82, 2.24) is 30.0 Å². The summed E-state index contributed by atoms with van der Waals surface area (Å²) in [5.74, 6) is 1.07. The Morgan fingerprint density at radius 1 is 0.929 bits per heavy atom. The zero-order valence-electron chi connectivity index (χ0n) is 16.2. The molecule has 1 aromatic heterocycles. The molecule has 0 unspecified atom stereocenters. The van der Waals surface area contributed by atoms with Crippen molar-refractivity contribution >= 4 is 11.8 Å². The topological polar surface area (TPSA) is 84.2 Å². The Kier molecular flexibility index (Phi) is 5.36. The molecule has 2 fully saturated rings. The van der Waals surface area contributed by atoms with Gasteiger partial charge in [-0.2, -0.15) is 0 Å². The summed E-state index contributed by atoms with van der Waals surface area (Å²) in [5, 5.41) is 11.1. The Labute approximate surface area is 164 Å². The van der Waals surface area contributed by atoms with E-state index in [-0.39, 0.29) is 17.7 Å². The maximum absolute atomic E-state index is 12.8. The molecule has 0 N–H and O–H groups in total. The lowest BCUT2D eigenvalue weighted by Gasteiger charge is -2.36. The molecule has 2 saturated heterocycles. The van der Waals surface area contributed by atoms with Crippen LogP contribution in [-0.2, 0) is 4.79 Å². The lowest BCUT2D eigenvalue weighted by Crippen LogP contribution is -2.46. The van der Waals surface area contributed by atoms with Gasteiger partial charge in [0.15, 0.2) is 0 Å². The smallest absolute Gasteiger partial charge is 0.253 e. The summed E-state index contributed by atoms with van der Waals surface area (Å²) in [4.78, 5) is 29.4. The van der Waals surface area contributed by atoms with E-state index in [0.717, 1.165) is 50.4 Å². The van der Waals surface area contributed by atoms with E-state index in [0.29, 0.717) is 18.7 Å². The van der Waals surface area contributed by atoms with Gasteiger partial charge in [0.05, 0.1) is 5.69 Å². The van der Waals surface area contributed by atoms with E-state index in [9.17, 15) is 9.59 Å². The molecule has 0 aliphatic carbocycles. The highest BCUT2D eigenvalue weighted by molar-refractivity contribution is 5.94. The fourth-order valence-corrected chi connectivity index (χ4v) is 4.04. The fourth-order valence-electron chi connectivity index (χ4n) is 4.04. The van der Waals surface area contributed by atoms with Crippen LogP contribution in [0.1, 0.15) is 43.0 Å². The van der Waals surface area contributed by atoms with Gasteiger partial charge in [0, 0.05) is 37.7 Å². The minimum Gasteiger partial charge on any atom is -0.342 e. The summed E-state index contributed by atoms with van der Waals surface area (Å²) in [6.45, 7) is 5.28. The minimum atomic E-state index is 0.0148. The van der Waals surface area contributed by atoms with Gasteiger partial charge in [0.1, 0.15) is 6.33 Å². The highest BCUT2D eigenvalue weighted by atomic mass is 16.2. The zero-order valence-corrected chi connectivity index (χ0v) is 16.2. The Morgan fingerprint density at radius 3 is 2.18 bits per heavy atom. The normalized spacial score (nSPS) is 19.0. The third-order valence-electron chi connectivity index (χ3n) is 5.95. The Morgan fingerprint density at radius 2 is 1.57 bits per heavy atom. The second kappa shape index (κ2) is 8.08. The maximum atomic E-state index is 12.8. The Bertz CT molecular complexity index is 804. The van der Waals surface area contributed by atoms with Crippen molar-refractivity contribution < 1.29 is 9.59 Å². The number of amides is 2. The van der Waals surface area contributed by atoms with Gasteiger partial charge in [-0.05, 0) is 66.3 Å². The van der Waals surface area contributed by atoms with Gasteiger partial charge in [0.2, 0.25) is 5.91 Å². The van der Waals surface area contributed by atoms with Gasteiger partial charge < -0.3 is 9.80 Å². The first kappa shape index (κ1) is 18.6. The van der Waals surface area contributed by atoms with Crippen LogP contribution in [0.2, 0.25) is 0 Å². The molecule has 28 heavy (non-hydrogen) atoms. The van der Waals surface area contributed by atoms with E-state index in [4.69, 9.17) is 0 Å². The summed E-state index contributed by atoms with van der Waals surface area (Å²) < 4.78 is 1.55. The van der Waals surface area contributed by atoms with E-state index in [1.165, 1.54) is 6.33 Å². The van der Waals surface area contributed by atoms with E-state index in [1.54, 1.807) is 16.8 Å². The van der Waals surface area contributed by atoms with Gasteiger partial charge in [-0.1, -0.05) is 6.92 Å². The van der Waals surface area contributed by atoms with E-state index in [1.807, 2.05) is 21.9 Å². The van der Waals surface area contributed by atoms with Crippen LogP contribution < -0.4 is 0 Å². The molecule has 148 valence electrons. The lowest BCUT2D eigenvalue weighted by atomic mass is 9.92. The van der Waals surface area contributed by atoms with Crippen LogP contribution in [0, 0.1) is 11.8 Å². The molecule has 8 nitrogen and oxygen atoms in total. The van der Waals surface area contributed by atoms with E-state index < -0.39 is 0 Å². The number of piperidine rings is 2. The van der Waals surface area contributed by atoms with Gasteiger partial charge in [-0.25, -0.2) is 4.68 Å². The minimum absolute atomic E-state index is 0.0148.